The van der Waals surface area contributed by atoms with Gasteiger partial charge in [0.1, 0.15) is 17.7 Å². The number of halogens is 2. The van der Waals surface area contributed by atoms with Gasteiger partial charge in [-0.25, -0.2) is 18.6 Å². The number of methoxy groups -OCH3 is 1. The topological polar surface area (TPSA) is 81.0 Å². The molecule has 0 radical (unpaired) electrons. The third-order valence-corrected chi connectivity index (χ3v) is 7.93. The fraction of sp³-hybridized carbons (Fsp3) is 0.552. The highest BCUT2D eigenvalue weighted by Crippen LogP contribution is 2.41. The van der Waals surface area contributed by atoms with Gasteiger partial charge in [-0.05, 0) is 58.1 Å². The lowest BCUT2D eigenvalue weighted by atomic mass is 9.83. The number of amides is 1. The van der Waals surface area contributed by atoms with Crippen molar-refractivity contribution in [2.75, 3.05) is 25.5 Å². The minimum Gasteiger partial charge on any atom is -0.495 e. The van der Waals surface area contributed by atoms with E-state index in [2.05, 4.69) is 14.7 Å². The Kier molecular flexibility index (Phi) is 7.75. The molecule has 2 aromatic heterocycles. The van der Waals surface area contributed by atoms with Crippen LogP contribution in [-0.2, 0) is 4.74 Å². The molecule has 0 bridgehead atoms. The number of carbonyl (C=O) groups is 1. The normalized spacial score (nSPS) is 21.8. The molecular weight excluding hydrogens is 504 g/mol. The number of alkyl halides is 2. The number of imidazole rings is 1. The summed E-state index contributed by atoms with van der Waals surface area (Å²) in [6, 6.07) is 5.79. The Morgan fingerprint density at radius 2 is 1.97 bits per heavy atom. The first-order valence-electron chi connectivity index (χ1n) is 13.8. The maximum Gasteiger partial charge on any atom is 0.412 e. The molecule has 5 rings (SSSR count). The third kappa shape index (κ3) is 5.71. The molecule has 3 aromatic rings. The van der Waals surface area contributed by atoms with Gasteiger partial charge in [0.25, 0.3) is 5.92 Å². The lowest BCUT2D eigenvalue weighted by Crippen LogP contribution is -2.60. The number of hydrogen-bond donors (Lipinski definition) is 1. The first kappa shape index (κ1) is 27.3. The van der Waals surface area contributed by atoms with Gasteiger partial charge in [-0.15, -0.1) is 0 Å². The fourth-order valence-corrected chi connectivity index (χ4v) is 5.94. The number of ether oxygens (including phenoxy) is 2. The van der Waals surface area contributed by atoms with Gasteiger partial charge in [-0.1, -0.05) is 19.4 Å². The number of nitrogens with zero attached hydrogens (tertiary/aromatic N) is 4. The van der Waals surface area contributed by atoms with Gasteiger partial charge in [-0.2, -0.15) is 0 Å². The van der Waals surface area contributed by atoms with E-state index < -0.39 is 12.0 Å². The van der Waals surface area contributed by atoms with Crippen LogP contribution in [0.4, 0.5) is 19.3 Å². The highest BCUT2D eigenvalue weighted by atomic mass is 19.3. The summed E-state index contributed by atoms with van der Waals surface area (Å²) in [5, 5.41) is 2.79. The summed E-state index contributed by atoms with van der Waals surface area (Å²) in [4.78, 5) is 23.9. The molecule has 3 heterocycles. The predicted octanol–water partition coefficient (Wildman–Crippen LogP) is 6.43. The zero-order valence-electron chi connectivity index (χ0n) is 23.0. The van der Waals surface area contributed by atoms with Gasteiger partial charge in [0.2, 0.25) is 0 Å². The van der Waals surface area contributed by atoms with E-state index in [0.29, 0.717) is 11.4 Å². The summed E-state index contributed by atoms with van der Waals surface area (Å²) in [6.45, 7) is 5.64. The molecular formula is C29H37F2N5O3. The number of carbonyl (C=O) groups excluding carboxylic acids is 1. The fourth-order valence-electron chi connectivity index (χ4n) is 5.94. The maximum atomic E-state index is 13.4. The van der Waals surface area contributed by atoms with E-state index >= 15 is 0 Å². The SMILES string of the molecule is CCC[C@H](C)OC(=O)Nc1ccc(-c2nc([C@H]3CC[C@@H](N4CC(F)(F)C4)CC3)n3ccnc(C)c23)cc1OC. The second-order valence-corrected chi connectivity index (χ2v) is 10.9. The number of fused-ring (bicyclic) bond motifs is 1. The van der Waals surface area contributed by atoms with Crippen LogP contribution in [0, 0.1) is 6.92 Å². The summed E-state index contributed by atoms with van der Waals surface area (Å²) < 4.78 is 39.9. The standard InChI is InChI=1S/C29H37F2N5O3/c1-5-6-18(2)39-28(37)33-23-12-9-21(15-24(23)38-4)25-26-19(3)32-13-14-36(26)27(34-25)20-7-10-22(11-8-20)35-16-29(30,31)17-35/h9,12-15,18,20,22H,5-8,10-11,16-17H2,1-4H3,(H,33,37)/t18-,20-,22+/m0/s1. The number of aryl methyl sites for hydroxylation is 1. The molecule has 1 aliphatic heterocycles. The number of benzene rings is 1. The Balaban J connectivity index is 1.38. The van der Waals surface area contributed by atoms with Gasteiger partial charge in [0.15, 0.2) is 0 Å². The summed E-state index contributed by atoms with van der Waals surface area (Å²) >= 11 is 0. The van der Waals surface area contributed by atoms with E-state index in [1.54, 1.807) is 19.4 Å². The molecule has 2 fully saturated rings. The van der Waals surface area contributed by atoms with Gasteiger partial charge < -0.3 is 9.47 Å². The molecule has 0 spiro atoms. The monoisotopic (exact) mass is 541 g/mol. The number of anilines is 1. The van der Waals surface area contributed by atoms with E-state index in [9.17, 15) is 13.6 Å². The van der Waals surface area contributed by atoms with Crippen LogP contribution in [0.2, 0.25) is 0 Å². The Morgan fingerprint density at radius 1 is 1.23 bits per heavy atom. The van der Waals surface area contributed by atoms with Crippen molar-refractivity contribution >= 4 is 17.3 Å². The summed E-state index contributed by atoms with van der Waals surface area (Å²) in [6.07, 6.45) is 8.33. The van der Waals surface area contributed by atoms with Crippen LogP contribution in [0.15, 0.2) is 30.6 Å². The average Bonchev–Trinajstić information content (AvgIpc) is 3.28. The number of likely N-dealkylation sites (tertiary alicyclic amines) is 1. The molecule has 1 aliphatic carbocycles. The molecule has 8 nitrogen and oxygen atoms in total. The number of nitrogens with one attached hydrogen (secondary N) is 1. The summed E-state index contributed by atoms with van der Waals surface area (Å²) in [5.74, 6) is -0.833. The number of hydrogen-bond acceptors (Lipinski definition) is 6. The van der Waals surface area contributed by atoms with Crippen LogP contribution in [0.5, 0.6) is 5.75 Å². The van der Waals surface area contributed by atoms with Gasteiger partial charge in [0, 0.05) is 29.9 Å². The molecule has 1 amide bonds. The third-order valence-electron chi connectivity index (χ3n) is 7.93. The van der Waals surface area contributed by atoms with Crippen LogP contribution in [0.3, 0.4) is 0 Å². The minimum absolute atomic E-state index is 0.119. The second-order valence-electron chi connectivity index (χ2n) is 10.9. The van der Waals surface area contributed by atoms with Crippen molar-refractivity contribution in [1.82, 2.24) is 19.3 Å². The van der Waals surface area contributed by atoms with E-state index in [1.807, 2.05) is 44.0 Å². The van der Waals surface area contributed by atoms with Crippen LogP contribution in [0.1, 0.15) is 69.8 Å². The van der Waals surface area contributed by atoms with Crippen molar-refractivity contribution < 1.29 is 23.0 Å². The van der Waals surface area contributed by atoms with E-state index in [4.69, 9.17) is 14.5 Å². The van der Waals surface area contributed by atoms with Crippen LogP contribution in [-0.4, -0.2) is 63.6 Å². The summed E-state index contributed by atoms with van der Waals surface area (Å²) in [5.41, 5.74) is 3.94. The van der Waals surface area contributed by atoms with E-state index in [1.165, 1.54) is 0 Å². The molecule has 1 saturated heterocycles. The molecule has 1 N–H and O–H groups in total. The van der Waals surface area contributed by atoms with Crippen molar-refractivity contribution in [2.45, 2.75) is 83.3 Å². The van der Waals surface area contributed by atoms with E-state index in [-0.39, 0.29) is 31.2 Å². The zero-order valence-corrected chi connectivity index (χ0v) is 23.0. The molecule has 10 heteroatoms. The van der Waals surface area contributed by atoms with Crippen LogP contribution >= 0.6 is 0 Å². The minimum atomic E-state index is -2.53. The molecule has 1 atom stereocenters. The van der Waals surface area contributed by atoms with E-state index in [0.717, 1.165) is 66.8 Å². The molecule has 1 saturated carbocycles. The largest absolute Gasteiger partial charge is 0.495 e. The number of rotatable bonds is 8. The Morgan fingerprint density at radius 3 is 2.64 bits per heavy atom. The molecule has 0 unspecified atom stereocenters. The Labute approximate surface area is 227 Å². The molecule has 210 valence electrons. The lowest BCUT2D eigenvalue weighted by Gasteiger charge is -2.46. The molecule has 1 aromatic carbocycles. The molecule has 2 aliphatic rings. The lowest BCUT2D eigenvalue weighted by molar-refractivity contribution is -0.150. The maximum absolute atomic E-state index is 13.4. The van der Waals surface area contributed by atoms with Crippen molar-refractivity contribution in [2.24, 2.45) is 0 Å². The quantitative estimate of drug-likeness (QED) is 0.354. The first-order valence-corrected chi connectivity index (χ1v) is 13.8. The van der Waals surface area contributed by atoms with Gasteiger partial charge in [0.05, 0.1) is 42.8 Å². The van der Waals surface area contributed by atoms with Gasteiger partial charge >= 0.3 is 6.09 Å². The van der Waals surface area contributed by atoms with Crippen LogP contribution < -0.4 is 10.1 Å². The zero-order chi connectivity index (χ0) is 27.7. The first-order chi connectivity index (χ1) is 18.7. The number of aromatic nitrogens is 3. The molecule has 39 heavy (non-hydrogen) atoms. The average molecular weight is 542 g/mol. The van der Waals surface area contributed by atoms with Crippen molar-refractivity contribution in [1.29, 1.82) is 0 Å². The smallest absolute Gasteiger partial charge is 0.412 e. The van der Waals surface area contributed by atoms with Crippen LogP contribution in [0.25, 0.3) is 16.8 Å². The van der Waals surface area contributed by atoms with Crippen molar-refractivity contribution in [3.05, 3.63) is 42.1 Å². The second kappa shape index (κ2) is 11.1. The Hall–Kier alpha value is -3.27. The predicted molar refractivity (Wildman–Crippen MR) is 146 cm³/mol. The summed E-state index contributed by atoms with van der Waals surface area (Å²) in [7, 11) is 1.56. The Bertz CT molecular complexity index is 1330. The van der Waals surface area contributed by atoms with Crippen molar-refractivity contribution in [3.63, 3.8) is 0 Å². The van der Waals surface area contributed by atoms with Gasteiger partial charge in [-0.3, -0.25) is 19.6 Å². The van der Waals surface area contributed by atoms with Crippen molar-refractivity contribution in [3.8, 4) is 17.0 Å². The highest BCUT2D eigenvalue weighted by molar-refractivity contribution is 5.89. The highest BCUT2D eigenvalue weighted by Gasteiger charge is 2.47.